The maximum Gasteiger partial charge on any atom is 0.329 e. The third-order valence-electron chi connectivity index (χ3n) is 22.8. The molecule has 8 bridgehead atoms. The highest BCUT2D eigenvalue weighted by Gasteiger charge is 2.43. The number of carbonyl (C=O) groups excluding carboxylic acids is 20. The third kappa shape index (κ3) is 43.6. The van der Waals surface area contributed by atoms with Crippen LogP contribution in [0.2, 0.25) is 0 Å². The quantitative estimate of drug-likeness (QED) is 0.0315. The highest BCUT2D eigenvalue weighted by atomic mass is 33.1. The van der Waals surface area contributed by atoms with Crippen LogP contribution in [0.25, 0.3) is 0 Å². The molecule has 19 N–H and O–H groups in total. The van der Waals surface area contributed by atoms with Crippen molar-refractivity contribution in [1.29, 1.82) is 0 Å². The molecule has 20 atom stereocenters. The van der Waals surface area contributed by atoms with Gasteiger partial charge < -0.3 is 109 Å². The van der Waals surface area contributed by atoms with E-state index in [0.717, 1.165) is 43.2 Å². The summed E-state index contributed by atoms with van der Waals surface area (Å²) >= 11 is 0. The Hall–Kier alpha value is -10.3. The van der Waals surface area contributed by atoms with Crippen LogP contribution < -0.4 is 85.1 Å². The van der Waals surface area contributed by atoms with Crippen molar-refractivity contribution in [1.82, 2.24) is 85.1 Å². The molecule has 8 aliphatic heterocycles. The van der Waals surface area contributed by atoms with Gasteiger partial charge in [-0.1, -0.05) is 181 Å². The monoisotopic (exact) mass is 2230 g/mol. The van der Waals surface area contributed by atoms with Gasteiger partial charge in [-0.2, -0.15) is 9.11 Å². The van der Waals surface area contributed by atoms with Gasteiger partial charge in [0, 0.05) is 30.1 Å². The van der Waals surface area contributed by atoms with E-state index >= 15 is 0 Å². The van der Waals surface area contributed by atoms with Gasteiger partial charge in [-0.3, -0.25) is 76.7 Å². The third-order valence-corrected chi connectivity index (χ3v) is 34.6. The molecule has 8 aliphatic rings. The summed E-state index contributed by atoms with van der Waals surface area (Å²) in [5.41, 5.74) is -0.422. The molecule has 148 heavy (non-hydrogen) atoms. The number of nitrogens with one attached hydrogen (secondary N) is 16. The van der Waals surface area contributed by atoms with Crippen molar-refractivity contribution in [2.75, 3.05) is 40.3 Å². The zero-order valence-corrected chi connectivity index (χ0v) is 93.3. The fourth-order valence-electron chi connectivity index (χ4n) is 14.3. The number of hydrogen-bond donors (Lipinski definition) is 19. The molecule has 4 unspecified atom stereocenters. The van der Waals surface area contributed by atoms with Crippen LogP contribution >= 0.6 is 53.0 Å². The first-order valence-corrected chi connectivity index (χ1v) is 59.9. The Morgan fingerprint density at radius 3 is 0.804 bits per heavy atom. The summed E-state index contributed by atoms with van der Waals surface area (Å²) in [4.78, 5) is 261. The highest BCUT2D eigenvalue weighted by molar-refractivity contribution is 8.81. The van der Waals surface area contributed by atoms with Crippen molar-refractivity contribution in [3.8, 4) is 0 Å². The lowest BCUT2D eigenvalue weighted by Crippen LogP contribution is -2.57. The van der Waals surface area contributed by atoms with Crippen LogP contribution in [0.5, 0.6) is 0 Å². The Balaban J connectivity index is 0.000000347. The molecule has 824 valence electrons. The SMILES string of the molecule is C/C=C1\NC(=O)[C@H]2CS/S(O)=C\C/C=C/[C@H](CC(=O)N[C@H](C(C)C)C(=O)N2)OC(=O)[C@H](C(C)C)NC1=O.C/C=C1\NC(=O)[C@H]2CSS(=O)CC/C=C/[C@H](CC(=O)N[C@H](C(C)C)C(=O)N2)OC(=O)[C@H](C(C)C)NC1=O.C/C=C1\NC(=O)[C@H]2CS[S+](O)CC/C=C/[C@H](CC(=O)N[C@H](C(C)C)C(=O)N2)OC(=O)[C@H](C(C)C)NC1=O.C/C=C1\NC(=O)[C@H]2CS[S+](O)CC/C=C/[C@H](CC(=O)N[C@H](C(C)C)C(=O)N2)OC(=O)[C@H](C(C)C)NC1=O. The van der Waals surface area contributed by atoms with Crippen molar-refractivity contribution < 1.29 is 133 Å². The average Bonchev–Trinajstić information content (AvgIpc) is 1.05. The van der Waals surface area contributed by atoms with Gasteiger partial charge >= 0.3 is 23.9 Å². The molecular weight excluding hydrogens is 2080 g/mol. The van der Waals surface area contributed by atoms with Crippen LogP contribution in [0, 0.1) is 47.3 Å². The van der Waals surface area contributed by atoms with Gasteiger partial charge in [0.2, 0.25) is 91.3 Å². The minimum atomic E-state index is -1.38. The maximum absolute atomic E-state index is 13.2. The zero-order chi connectivity index (χ0) is 111. The lowest BCUT2D eigenvalue weighted by atomic mass is 10.0. The first-order valence-electron chi connectivity index (χ1n) is 48.7. The topological polar surface area (TPSA) is 649 Å². The van der Waals surface area contributed by atoms with Gasteiger partial charge in [0.1, 0.15) is 141 Å². The van der Waals surface area contributed by atoms with Crippen molar-refractivity contribution in [3.63, 3.8) is 0 Å². The fraction of sp³-hybridized carbons (Fsp3) is 0.615. The number of carbonyl (C=O) groups is 20. The molecule has 0 aliphatic carbocycles. The van der Waals surface area contributed by atoms with Crippen LogP contribution in [-0.2, 0) is 145 Å². The first-order chi connectivity index (χ1) is 69.7. The molecule has 0 aromatic heterocycles. The predicted molar refractivity (Wildman–Crippen MR) is 571 cm³/mol. The van der Waals surface area contributed by atoms with Crippen LogP contribution in [0.1, 0.15) is 190 Å². The maximum atomic E-state index is 13.2. The van der Waals surface area contributed by atoms with E-state index in [2.05, 4.69) is 85.1 Å². The molecule has 4 saturated heterocycles. The molecular formula is C96H146N16O28S8+2. The van der Waals surface area contributed by atoms with Crippen LogP contribution in [0.15, 0.2) is 95.7 Å². The number of hydrogen-bond acceptors (Lipinski definition) is 32. The lowest BCUT2D eigenvalue weighted by Gasteiger charge is -2.27. The fourth-order valence-corrected chi connectivity index (χ4v) is 24.0. The second kappa shape index (κ2) is 64.4. The van der Waals surface area contributed by atoms with Crippen LogP contribution in [-0.4, -0.2) is 279 Å². The number of amides is 16. The van der Waals surface area contributed by atoms with E-state index in [1.165, 1.54) is 24.3 Å². The molecule has 52 heteroatoms. The summed E-state index contributed by atoms with van der Waals surface area (Å²) in [5.74, 6) is -14.7. The van der Waals surface area contributed by atoms with Gasteiger partial charge in [-0.05, 0) is 127 Å². The zero-order valence-electron chi connectivity index (χ0n) is 86.8. The predicted octanol–water partition coefficient (Wildman–Crippen LogP) is 3.26. The largest absolute Gasteiger partial charge is 0.456 e. The van der Waals surface area contributed by atoms with E-state index in [4.69, 9.17) is 18.9 Å². The molecule has 0 spiro atoms. The summed E-state index contributed by atoms with van der Waals surface area (Å²) in [6.07, 6.45) is 15.2. The Morgan fingerprint density at radius 1 is 0.318 bits per heavy atom. The van der Waals surface area contributed by atoms with Gasteiger partial charge in [-0.15, -0.1) is 0 Å². The van der Waals surface area contributed by atoms with E-state index < -0.39 is 255 Å². The highest BCUT2D eigenvalue weighted by Crippen LogP contribution is 2.29. The Labute approximate surface area is 888 Å². The van der Waals surface area contributed by atoms with E-state index in [9.17, 15) is 114 Å². The van der Waals surface area contributed by atoms with Crippen molar-refractivity contribution in [2.24, 2.45) is 47.3 Å². The van der Waals surface area contributed by atoms with E-state index in [-0.39, 0.29) is 125 Å². The number of fused-ring (bicyclic) bond motifs is 28. The number of rotatable bonds is 8. The molecule has 8 heterocycles. The minimum absolute atomic E-state index is 0.00755. The standard InChI is InChI=1S/4C24H36N4O7S2/c4*1-6-16-21(30)28-20(14(4)5)24(33)35-15-9-7-8-10-37(34)36-12-17(22(31)25-16)26-23(32)19(13(2)3)27-18(29)11-15/h6-7,9,13-15,17,19-20H,8,10-12H2,1-5H3,(H,25,31)(H,26,32)(H,27,29)(H,28,30);2*6-7,9,13-15,17,19-20,34H,8,10-12H2,1-5H3,(H3-,25,26,27,28,29,30,31,32);6-7,9-10,13-15,17,19-20,34H,8,11-12H2,1-5H3,(H,25,31)(H,26,32)(H,27,29)(H,28,30)/p+2/b4*9-7+,16-6-/t4*15-,17-,19-,20+,37?/m1111/s1. The minimum Gasteiger partial charge on any atom is -0.456 e. The van der Waals surface area contributed by atoms with Gasteiger partial charge in [0.05, 0.1) is 47.0 Å². The molecule has 0 saturated carbocycles. The molecule has 44 nitrogen and oxygen atoms in total. The molecule has 4 fully saturated rings. The molecule has 0 aromatic rings. The summed E-state index contributed by atoms with van der Waals surface area (Å²) < 4.78 is 66.3. The first kappa shape index (κ1) is 128. The Morgan fingerprint density at radius 2 is 0.554 bits per heavy atom. The van der Waals surface area contributed by atoms with E-state index in [1.807, 2.05) is 0 Å². The second-order valence-corrected chi connectivity index (χ2v) is 51.2. The van der Waals surface area contributed by atoms with Crippen molar-refractivity contribution in [3.05, 3.63) is 95.7 Å². The summed E-state index contributed by atoms with van der Waals surface area (Å²) in [6, 6.07) is -12.5. The lowest BCUT2D eigenvalue weighted by molar-refractivity contribution is -0.154. The molecule has 16 amide bonds. The van der Waals surface area contributed by atoms with Crippen LogP contribution in [0.4, 0.5) is 0 Å². The van der Waals surface area contributed by atoms with Crippen LogP contribution in [0.3, 0.4) is 0 Å². The number of ether oxygens (including phenoxy) is 4. The summed E-state index contributed by atoms with van der Waals surface area (Å²) in [7, 11) is -0.633. The van der Waals surface area contributed by atoms with Crippen molar-refractivity contribution in [2.45, 2.75) is 287 Å². The summed E-state index contributed by atoms with van der Waals surface area (Å²) in [6.45, 7) is 34.0. The van der Waals surface area contributed by atoms with Gasteiger partial charge in [-0.25, -0.2) is 23.4 Å². The smallest absolute Gasteiger partial charge is 0.329 e. The second-order valence-electron chi connectivity index (χ2n) is 37.6. The van der Waals surface area contributed by atoms with Crippen molar-refractivity contribution >= 4 is 207 Å². The van der Waals surface area contributed by atoms with E-state index in [1.54, 1.807) is 192 Å². The molecule has 0 aromatic carbocycles. The van der Waals surface area contributed by atoms with E-state index in [0.29, 0.717) is 37.2 Å². The van der Waals surface area contributed by atoms with Gasteiger partial charge in [0.15, 0.2) is 11.5 Å². The molecule has 0 radical (unpaired) electrons. The number of allylic oxidation sites excluding steroid dienone is 8. The summed E-state index contributed by atoms with van der Waals surface area (Å²) in [5, 5.41) is 43.4. The Bertz CT molecular complexity index is 4910. The van der Waals surface area contributed by atoms with Gasteiger partial charge in [0.25, 0.3) is 23.6 Å². The number of esters is 4. The normalized spacial score (nSPS) is 31.2. The Kier molecular flexibility index (Phi) is 55.7. The molecule has 8 rings (SSSR count). The average molecular weight is 2230 g/mol.